The Morgan fingerprint density at radius 3 is 1.88 bits per heavy atom. The van der Waals surface area contributed by atoms with Crippen molar-refractivity contribution in [2.75, 3.05) is 46.9 Å². The largest absolute Gasteiger partial charge is 0.481 e. The number of aliphatic hydroxyl groups excluding tert-OH is 1. The maximum Gasteiger partial charge on any atom is 0.306 e. The van der Waals surface area contributed by atoms with Crippen LogP contribution < -0.4 is 0 Å². The Labute approximate surface area is 305 Å². The van der Waals surface area contributed by atoms with Crippen molar-refractivity contribution in [1.29, 1.82) is 0 Å². The zero-order valence-electron chi connectivity index (χ0n) is 30.3. The number of hydrogen-bond acceptors (Lipinski definition) is 8. The molecule has 0 radical (unpaired) electrons. The first-order valence-electron chi connectivity index (χ1n) is 18.3. The van der Waals surface area contributed by atoms with E-state index in [-0.39, 0.29) is 26.1 Å². The van der Waals surface area contributed by atoms with Gasteiger partial charge in [-0.05, 0) is 74.9 Å². The minimum absolute atomic E-state index is 0.0428. The zero-order chi connectivity index (χ0) is 36.5. The second kappa shape index (κ2) is 17.6. The lowest BCUT2D eigenvalue weighted by Crippen LogP contribution is -2.27. The van der Waals surface area contributed by atoms with Gasteiger partial charge in [-0.2, -0.15) is 0 Å². The Bertz CT molecular complexity index is 1900. The summed E-state index contributed by atoms with van der Waals surface area (Å²) in [6.45, 7) is 6.67. The number of carboxylic acid groups (broad SMARTS) is 1. The highest BCUT2D eigenvalue weighted by atomic mass is 16.5. The second-order valence-electron chi connectivity index (χ2n) is 13.8. The summed E-state index contributed by atoms with van der Waals surface area (Å²) >= 11 is 0. The number of fused-ring (bicyclic) bond motifs is 4. The highest BCUT2D eigenvalue weighted by molar-refractivity contribution is 5.82. The molecule has 6 heterocycles. The molecule has 274 valence electrons. The number of imidazole rings is 2. The summed E-state index contributed by atoms with van der Waals surface area (Å²) in [7, 11) is 4.40. The number of aryl methyl sites for hydroxylation is 3. The van der Waals surface area contributed by atoms with Crippen LogP contribution in [0.1, 0.15) is 71.7 Å². The van der Waals surface area contributed by atoms with Crippen molar-refractivity contribution in [2.45, 2.75) is 64.6 Å². The molecule has 2 N–H and O–H groups in total. The molecule has 0 aliphatic carbocycles. The monoisotopic (exact) mass is 706 g/mol. The predicted molar refractivity (Wildman–Crippen MR) is 200 cm³/mol. The number of likely N-dealkylation sites (tertiary alicyclic amines) is 2. The normalized spacial score (nSPS) is 17.1. The fourth-order valence-corrected chi connectivity index (χ4v) is 7.55. The minimum atomic E-state index is -0.966. The number of carboxylic acids is 1. The van der Waals surface area contributed by atoms with Gasteiger partial charge in [0.25, 0.3) is 6.47 Å². The Morgan fingerprint density at radius 2 is 1.33 bits per heavy atom. The molecular weight excluding hydrogens is 656 g/mol. The number of ether oxygens (including phenoxy) is 1. The van der Waals surface area contributed by atoms with Crippen LogP contribution >= 0.6 is 0 Å². The Hall–Kier alpha value is -4.84. The summed E-state index contributed by atoms with van der Waals surface area (Å²) in [5.41, 5.74) is 12.3. The third kappa shape index (κ3) is 8.61. The molecule has 0 saturated carbocycles. The fourth-order valence-electron chi connectivity index (χ4n) is 7.55. The molecule has 0 unspecified atom stereocenters. The van der Waals surface area contributed by atoms with E-state index < -0.39 is 5.97 Å². The van der Waals surface area contributed by atoms with E-state index >= 15 is 0 Å². The first kappa shape index (κ1) is 36.9. The summed E-state index contributed by atoms with van der Waals surface area (Å²) in [6, 6.07) is 17.6. The lowest BCUT2D eigenvalue weighted by Gasteiger charge is -2.26. The predicted octanol–water partition coefficient (Wildman–Crippen LogP) is 5.06. The van der Waals surface area contributed by atoms with E-state index in [0.29, 0.717) is 0 Å². The lowest BCUT2D eigenvalue weighted by atomic mass is 9.90. The molecule has 2 saturated heterocycles. The van der Waals surface area contributed by atoms with Gasteiger partial charge in [-0.3, -0.25) is 9.59 Å². The van der Waals surface area contributed by atoms with Gasteiger partial charge in [0.1, 0.15) is 18.3 Å². The molecule has 2 aromatic carbocycles. The summed E-state index contributed by atoms with van der Waals surface area (Å²) in [5.74, 6) is 1.24. The average Bonchev–Trinajstić information content (AvgIpc) is 3.72. The highest BCUT2D eigenvalue weighted by Gasteiger charge is 2.26. The van der Waals surface area contributed by atoms with Crippen LogP contribution in [0.25, 0.3) is 11.1 Å². The smallest absolute Gasteiger partial charge is 0.306 e. The molecule has 0 atom stereocenters. The molecule has 52 heavy (non-hydrogen) atoms. The van der Waals surface area contributed by atoms with Crippen LogP contribution in [0.2, 0.25) is 0 Å². The number of piperidine rings is 2. The lowest BCUT2D eigenvalue weighted by molar-refractivity contribution is -0.139. The van der Waals surface area contributed by atoms with Gasteiger partial charge in [0.05, 0.1) is 24.9 Å². The number of benzene rings is 2. The van der Waals surface area contributed by atoms with E-state index in [1.165, 1.54) is 44.8 Å². The maximum atomic E-state index is 9.68. The third-order valence-electron chi connectivity index (χ3n) is 10.5. The SMILES string of the molecule is CN1CCC(=C2c3ccccc3CCn3c(CO)cnc32)CC1.CN1CCC(=C2c3ccccc3CCn3ccnc32)CC1.O=COCCC(=O)O. The van der Waals surface area contributed by atoms with Gasteiger partial charge in [-0.15, -0.1) is 0 Å². The van der Waals surface area contributed by atoms with Gasteiger partial charge < -0.3 is 33.9 Å². The van der Waals surface area contributed by atoms with Gasteiger partial charge in [-0.1, -0.05) is 59.7 Å². The van der Waals surface area contributed by atoms with Gasteiger partial charge in [-0.25, -0.2) is 9.97 Å². The van der Waals surface area contributed by atoms with Crippen LogP contribution in [0, 0.1) is 0 Å². The topological polar surface area (TPSA) is 126 Å². The molecule has 0 spiro atoms. The molecule has 2 aromatic heterocycles. The van der Waals surface area contributed by atoms with Crippen molar-refractivity contribution in [2.24, 2.45) is 0 Å². The molecule has 0 bridgehead atoms. The van der Waals surface area contributed by atoms with Gasteiger partial charge in [0.2, 0.25) is 0 Å². The number of rotatable bonds is 5. The number of aliphatic hydroxyl groups is 1. The number of aliphatic carboxylic acids is 1. The first-order valence-corrected chi connectivity index (χ1v) is 18.3. The summed E-state index contributed by atoms with van der Waals surface area (Å²) < 4.78 is 8.61. The van der Waals surface area contributed by atoms with Crippen LogP contribution in [0.15, 0.2) is 78.3 Å². The van der Waals surface area contributed by atoms with Gasteiger partial charge in [0.15, 0.2) is 0 Å². The highest BCUT2D eigenvalue weighted by Crippen LogP contribution is 2.37. The Morgan fingerprint density at radius 1 is 0.769 bits per heavy atom. The minimum Gasteiger partial charge on any atom is -0.481 e. The molecule has 11 heteroatoms. The van der Waals surface area contributed by atoms with E-state index in [1.54, 1.807) is 5.57 Å². The standard InChI is InChI=1S/C19H23N3O.C18H21N3.C4H6O4/c1-21-9-6-15(7-10-21)18-17-5-3-2-4-14(17)8-11-22-16(13-23)12-20-19(18)22;1-20-10-6-15(7-11-20)17-16-5-3-2-4-14(16)8-12-21-13-9-19-18(17)21;5-3-8-2-1-4(6)7/h2-5,12,23H,6-11,13H2,1H3;2-5,9,13H,6-8,10-12H2,1H3;3H,1-2H2,(H,6,7). The van der Waals surface area contributed by atoms with Crippen molar-refractivity contribution in [3.8, 4) is 0 Å². The van der Waals surface area contributed by atoms with Crippen molar-refractivity contribution in [1.82, 2.24) is 28.9 Å². The van der Waals surface area contributed by atoms with Crippen molar-refractivity contribution < 1.29 is 24.5 Å². The molecule has 4 aliphatic heterocycles. The van der Waals surface area contributed by atoms with Crippen LogP contribution in [0.5, 0.6) is 0 Å². The van der Waals surface area contributed by atoms with Crippen LogP contribution in [-0.4, -0.2) is 98.4 Å². The van der Waals surface area contributed by atoms with Crippen molar-refractivity contribution in [3.63, 3.8) is 0 Å². The third-order valence-corrected chi connectivity index (χ3v) is 10.5. The fraction of sp³-hybridized carbons (Fsp3) is 0.415. The quantitative estimate of drug-likeness (QED) is 0.217. The number of hydrogen-bond donors (Lipinski definition) is 2. The number of aromatic nitrogens is 4. The molecule has 4 aliphatic rings. The van der Waals surface area contributed by atoms with Gasteiger partial charge in [0, 0.05) is 62.8 Å². The molecular formula is C41H50N6O5. The van der Waals surface area contributed by atoms with Crippen molar-refractivity contribution >= 4 is 23.6 Å². The zero-order valence-corrected chi connectivity index (χ0v) is 30.3. The van der Waals surface area contributed by atoms with Gasteiger partial charge >= 0.3 is 5.97 Å². The van der Waals surface area contributed by atoms with E-state index in [2.05, 4.69) is 97.5 Å². The summed E-state index contributed by atoms with van der Waals surface area (Å²) in [4.78, 5) is 33.2. The molecule has 0 amide bonds. The van der Waals surface area contributed by atoms with E-state index in [1.807, 2.05) is 12.4 Å². The van der Waals surface area contributed by atoms with Crippen LogP contribution in [0.3, 0.4) is 0 Å². The Balaban J connectivity index is 0.000000149. The summed E-state index contributed by atoms with van der Waals surface area (Å²) in [6.07, 6.45) is 12.4. The number of carbonyl (C=O) groups excluding carboxylic acids is 1. The summed E-state index contributed by atoms with van der Waals surface area (Å²) in [5, 5.41) is 17.6. The van der Waals surface area contributed by atoms with E-state index in [4.69, 9.17) is 10.1 Å². The molecule has 4 aromatic rings. The Kier molecular flexibility index (Phi) is 12.5. The van der Waals surface area contributed by atoms with E-state index in [0.717, 1.165) is 89.3 Å². The molecule has 2 fully saturated rings. The average molecular weight is 707 g/mol. The second-order valence-corrected chi connectivity index (χ2v) is 13.8. The van der Waals surface area contributed by atoms with Crippen molar-refractivity contribution in [3.05, 3.63) is 118 Å². The van der Waals surface area contributed by atoms with Crippen LogP contribution in [0.4, 0.5) is 0 Å². The molecule has 11 nitrogen and oxygen atoms in total. The maximum absolute atomic E-state index is 9.68. The van der Waals surface area contributed by atoms with E-state index in [9.17, 15) is 14.7 Å². The first-order chi connectivity index (χ1) is 25.4. The van der Waals surface area contributed by atoms with Crippen LogP contribution in [-0.2, 0) is 46.9 Å². The molecule has 8 rings (SSSR count). The number of carbonyl (C=O) groups is 2. The number of nitrogens with zero attached hydrogens (tertiary/aromatic N) is 6.